The minimum absolute atomic E-state index is 0.247. The van der Waals surface area contributed by atoms with Gasteiger partial charge in [0.15, 0.2) is 5.65 Å². The first kappa shape index (κ1) is 16.1. The Kier molecular flexibility index (Phi) is 3.99. The van der Waals surface area contributed by atoms with Crippen LogP contribution in [0.3, 0.4) is 0 Å². The second-order valence-electron chi connectivity index (χ2n) is 6.06. The van der Waals surface area contributed by atoms with Gasteiger partial charge < -0.3 is 10.9 Å². The van der Waals surface area contributed by atoms with E-state index in [1.807, 2.05) is 54.6 Å². The first-order valence-electron chi connectivity index (χ1n) is 8.27. The summed E-state index contributed by atoms with van der Waals surface area (Å²) in [6.07, 6.45) is 1.55. The lowest BCUT2D eigenvalue weighted by Gasteiger charge is -2.09. The molecule has 0 bridgehead atoms. The van der Waals surface area contributed by atoms with Crippen molar-refractivity contribution >= 4 is 11.0 Å². The van der Waals surface area contributed by atoms with Crippen LogP contribution in [0.4, 0.5) is 0 Å². The monoisotopic (exact) mass is 343 g/mol. The molecule has 0 amide bonds. The van der Waals surface area contributed by atoms with Crippen molar-refractivity contribution in [2.24, 2.45) is 5.73 Å². The number of pyridine rings is 2. The summed E-state index contributed by atoms with van der Waals surface area (Å²) in [7, 11) is 0. The molecular formula is C21H17N3O2. The van der Waals surface area contributed by atoms with Gasteiger partial charge in [-0.2, -0.15) is 0 Å². The molecule has 0 radical (unpaired) electrons. The summed E-state index contributed by atoms with van der Waals surface area (Å²) in [5.41, 5.74) is 10.3. The van der Waals surface area contributed by atoms with Crippen LogP contribution in [-0.4, -0.2) is 14.9 Å². The smallest absolute Gasteiger partial charge is 0.285 e. The molecule has 5 heteroatoms. The minimum atomic E-state index is -0.507. The van der Waals surface area contributed by atoms with E-state index in [-0.39, 0.29) is 5.65 Å². The van der Waals surface area contributed by atoms with Gasteiger partial charge in [-0.05, 0) is 39.9 Å². The zero-order valence-corrected chi connectivity index (χ0v) is 14.0. The van der Waals surface area contributed by atoms with Crippen LogP contribution >= 0.6 is 0 Å². The van der Waals surface area contributed by atoms with Crippen LogP contribution in [0, 0.1) is 0 Å². The van der Waals surface area contributed by atoms with Crippen LogP contribution in [0.5, 0.6) is 0 Å². The maximum atomic E-state index is 12.0. The molecule has 2 aromatic carbocycles. The van der Waals surface area contributed by atoms with Gasteiger partial charge in [-0.15, -0.1) is 4.73 Å². The zero-order chi connectivity index (χ0) is 18.1. The first-order valence-corrected chi connectivity index (χ1v) is 8.27. The van der Waals surface area contributed by atoms with E-state index in [4.69, 9.17) is 5.73 Å². The number of aromatic nitrogens is 2. The molecule has 0 saturated heterocycles. The van der Waals surface area contributed by atoms with Crippen LogP contribution in [-0.2, 0) is 6.54 Å². The fraction of sp³-hybridized carbons (Fsp3) is 0.0476. The Labute approximate surface area is 149 Å². The van der Waals surface area contributed by atoms with Gasteiger partial charge in [0, 0.05) is 24.2 Å². The number of rotatable bonds is 3. The molecule has 5 nitrogen and oxygen atoms in total. The molecule has 128 valence electrons. The van der Waals surface area contributed by atoms with Gasteiger partial charge in [0.25, 0.3) is 5.56 Å². The highest BCUT2D eigenvalue weighted by molar-refractivity contribution is 5.92. The second-order valence-corrected chi connectivity index (χ2v) is 6.06. The molecule has 0 aliphatic rings. The van der Waals surface area contributed by atoms with Gasteiger partial charge in [-0.1, -0.05) is 48.5 Å². The summed E-state index contributed by atoms with van der Waals surface area (Å²) in [6, 6.07) is 21.1. The largest absolute Gasteiger partial charge is 0.423 e. The van der Waals surface area contributed by atoms with E-state index in [9.17, 15) is 10.0 Å². The van der Waals surface area contributed by atoms with Crippen LogP contribution < -0.4 is 11.3 Å². The molecule has 4 aromatic rings. The molecule has 0 unspecified atom stereocenters. The Bertz CT molecular complexity index is 1130. The summed E-state index contributed by atoms with van der Waals surface area (Å²) in [4.78, 5) is 16.2. The van der Waals surface area contributed by atoms with Gasteiger partial charge >= 0.3 is 0 Å². The van der Waals surface area contributed by atoms with Crippen LogP contribution in [0.25, 0.3) is 33.3 Å². The van der Waals surface area contributed by atoms with E-state index in [1.165, 1.54) is 6.07 Å². The Hall–Kier alpha value is -3.44. The summed E-state index contributed by atoms with van der Waals surface area (Å²) < 4.78 is 0.576. The number of benzene rings is 2. The number of hydrogen-bond acceptors (Lipinski definition) is 4. The molecule has 0 spiro atoms. The van der Waals surface area contributed by atoms with Crippen molar-refractivity contribution in [3.63, 3.8) is 0 Å². The molecular weight excluding hydrogens is 326 g/mol. The average Bonchev–Trinajstić information content (AvgIpc) is 2.71. The topological polar surface area (TPSA) is 81.1 Å². The van der Waals surface area contributed by atoms with E-state index in [1.54, 1.807) is 12.3 Å². The highest BCUT2D eigenvalue weighted by Gasteiger charge is 2.10. The minimum Gasteiger partial charge on any atom is -0.423 e. The maximum Gasteiger partial charge on any atom is 0.285 e. The van der Waals surface area contributed by atoms with E-state index in [0.717, 1.165) is 33.2 Å². The predicted molar refractivity (Wildman–Crippen MR) is 102 cm³/mol. The lowest BCUT2D eigenvalue weighted by Crippen LogP contribution is -2.18. The van der Waals surface area contributed by atoms with Crippen molar-refractivity contribution in [3.05, 3.63) is 88.8 Å². The predicted octanol–water partition coefficient (Wildman–Crippen LogP) is 3.43. The van der Waals surface area contributed by atoms with Crippen molar-refractivity contribution in [3.8, 4) is 22.3 Å². The van der Waals surface area contributed by atoms with E-state index < -0.39 is 5.56 Å². The molecule has 3 N–H and O–H groups in total. The first-order chi connectivity index (χ1) is 12.7. The number of fused-ring (bicyclic) bond motifs is 1. The molecule has 0 saturated carbocycles. The van der Waals surface area contributed by atoms with Crippen LogP contribution in [0.15, 0.2) is 77.7 Å². The number of nitrogens with zero attached hydrogens (tertiary/aromatic N) is 2. The molecule has 0 atom stereocenters. The van der Waals surface area contributed by atoms with Crippen molar-refractivity contribution in [2.45, 2.75) is 6.54 Å². The van der Waals surface area contributed by atoms with Crippen molar-refractivity contribution in [1.29, 1.82) is 0 Å². The molecule has 26 heavy (non-hydrogen) atoms. The Morgan fingerprint density at radius 1 is 0.923 bits per heavy atom. The fourth-order valence-electron chi connectivity index (χ4n) is 3.06. The summed E-state index contributed by atoms with van der Waals surface area (Å²) in [5, 5.41) is 10.6. The zero-order valence-electron chi connectivity index (χ0n) is 14.0. The molecule has 0 aliphatic carbocycles. The third-order valence-corrected chi connectivity index (χ3v) is 4.47. The van der Waals surface area contributed by atoms with Gasteiger partial charge in [0.05, 0.1) is 0 Å². The van der Waals surface area contributed by atoms with Gasteiger partial charge in [-0.3, -0.25) is 4.79 Å². The summed E-state index contributed by atoms with van der Waals surface area (Å²) in [5.74, 6) is 0. The summed E-state index contributed by atoms with van der Waals surface area (Å²) >= 11 is 0. The van der Waals surface area contributed by atoms with Gasteiger partial charge in [0.2, 0.25) is 0 Å². The summed E-state index contributed by atoms with van der Waals surface area (Å²) in [6.45, 7) is 0.525. The lowest BCUT2D eigenvalue weighted by molar-refractivity contribution is 0.187. The van der Waals surface area contributed by atoms with E-state index >= 15 is 0 Å². The standard InChI is InChI=1S/C21H17N3O2/c22-13-14-3-5-15(6-4-14)16-7-9-17(10-8-16)19-12-20(25)24(26)21-18(19)2-1-11-23-21/h1-12,26H,13,22H2. The SMILES string of the molecule is NCc1ccc(-c2ccc(-c3cc(=O)n(O)c4ncccc34)cc2)cc1. The Morgan fingerprint density at radius 2 is 1.54 bits per heavy atom. The molecule has 2 aromatic heterocycles. The second kappa shape index (κ2) is 6.46. The van der Waals surface area contributed by atoms with Crippen molar-refractivity contribution < 1.29 is 5.21 Å². The lowest BCUT2D eigenvalue weighted by atomic mass is 9.98. The molecule has 4 rings (SSSR count). The highest BCUT2D eigenvalue weighted by atomic mass is 16.5. The van der Waals surface area contributed by atoms with Crippen molar-refractivity contribution in [2.75, 3.05) is 0 Å². The van der Waals surface area contributed by atoms with Gasteiger partial charge in [0.1, 0.15) is 0 Å². The maximum absolute atomic E-state index is 12.0. The average molecular weight is 343 g/mol. The van der Waals surface area contributed by atoms with Crippen LogP contribution in [0.2, 0.25) is 0 Å². The highest BCUT2D eigenvalue weighted by Crippen LogP contribution is 2.28. The third kappa shape index (κ3) is 2.74. The molecule has 0 aliphatic heterocycles. The normalized spacial score (nSPS) is 11.0. The van der Waals surface area contributed by atoms with E-state index in [0.29, 0.717) is 11.3 Å². The molecule has 0 fully saturated rings. The third-order valence-electron chi connectivity index (χ3n) is 4.47. The van der Waals surface area contributed by atoms with Crippen LogP contribution in [0.1, 0.15) is 5.56 Å². The quantitative estimate of drug-likeness (QED) is 0.559. The number of nitrogens with two attached hydrogens (primary N) is 1. The fourth-order valence-corrected chi connectivity index (χ4v) is 3.06. The van der Waals surface area contributed by atoms with Gasteiger partial charge in [-0.25, -0.2) is 4.98 Å². The molecule has 2 heterocycles. The van der Waals surface area contributed by atoms with Crippen molar-refractivity contribution in [1.82, 2.24) is 9.71 Å². The van der Waals surface area contributed by atoms with E-state index in [2.05, 4.69) is 4.98 Å². The Morgan fingerprint density at radius 3 is 2.19 bits per heavy atom. The number of hydrogen-bond donors (Lipinski definition) is 2. The Balaban J connectivity index is 1.79.